The van der Waals surface area contributed by atoms with E-state index in [1.54, 1.807) is 29.2 Å². The van der Waals surface area contributed by atoms with E-state index in [9.17, 15) is 9.18 Å². The molecule has 1 aromatic heterocycles. The fraction of sp³-hybridized carbons (Fsp3) is 0.400. The zero-order chi connectivity index (χ0) is 27.2. The molecule has 2 heterocycles. The van der Waals surface area contributed by atoms with E-state index in [-0.39, 0.29) is 30.7 Å². The van der Waals surface area contributed by atoms with E-state index in [4.69, 9.17) is 28.6 Å². The minimum atomic E-state index is -0.602. The number of nitrogens with zero attached hydrogens (tertiary/aromatic N) is 4. The summed E-state index contributed by atoms with van der Waals surface area (Å²) in [6.07, 6.45) is 1.28. The summed E-state index contributed by atoms with van der Waals surface area (Å²) in [7, 11) is 2.76. The predicted molar refractivity (Wildman–Crippen MR) is 136 cm³/mol. The van der Waals surface area contributed by atoms with Gasteiger partial charge < -0.3 is 24.4 Å². The van der Waals surface area contributed by atoms with Gasteiger partial charge >= 0.3 is 0 Å². The third-order valence-corrected chi connectivity index (χ3v) is 6.24. The Morgan fingerprint density at radius 1 is 1.33 bits per heavy atom. The van der Waals surface area contributed by atoms with Gasteiger partial charge in [-0.2, -0.15) is 0 Å². The molecule has 0 radical (unpaired) electrons. The third-order valence-electron chi connectivity index (χ3n) is 5.95. The average Bonchev–Trinajstić information content (AvgIpc) is 3.34. The quantitative estimate of drug-likeness (QED) is 0.457. The highest BCUT2D eigenvalue weighted by atomic mass is 35.5. The summed E-state index contributed by atoms with van der Waals surface area (Å²) in [5.74, 6) is 0.333. The standard InChI is InChI=1S/C25H29ClFN5O4/c1-31(8-9-34-3)25(33)20-10-15(13-32(20)2)36-22-11-16-19(12-21(22)35-4)28-14-29-24(16)30-18-7-5-6-17(26)23(18)27/h5-7,11-12,14-15,20H,8-10,13H2,1-4H3,(H,28,29,30)/t15-,20-/m0/s1/i1D,2D. The molecule has 1 saturated heterocycles. The number of carbonyl (C=O) groups is 1. The first kappa shape index (κ1) is 23.2. The van der Waals surface area contributed by atoms with Gasteiger partial charge in [0.15, 0.2) is 17.3 Å². The number of hydrogen-bond acceptors (Lipinski definition) is 8. The normalized spacial score (nSPS) is 18.6. The summed E-state index contributed by atoms with van der Waals surface area (Å²) < 4.78 is 47.1. The lowest BCUT2D eigenvalue weighted by atomic mass is 10.1. The summed E-state index contributed by atoms with van der Waals surface area (Å²) in [5.41, 5.74) is 0.706. The number of fused-ring (bicyclic) bond motifs is 1. The van der Waals surface area contributed by atoms with E-state index in [0.29, 0.717) is 54.3 Å². The fourth-order valence-corrected chi connectivity index (χ4v) is 4.22. The van der Waals surface area contributed by atoms with Gasteiger partial charge in [-0.05, 0) is 25.2 Å². The minimum absolute atomic E-state index is 0.0189. The molecule has 0 unspecified atom stereocenters. The molecule has 1 fully saturated rings. The first-order chi connectivity index (χ1) is 18.4. The van der Waals surface area contributed by atoms with Crippen LogP contribution in [0.1, 0.15) is 9.16 Å². The smallest absolute Gasteiger partial charge is 0.239 e. The van der Waals surface area contributed by atoms with Gasteiger partial charge in [-0.25, -0.2) is 14.4 Å². The van der Waals surface area contributed by atoms with Crippen LogP contribution in [-0.4, -0.2) is 85.8 Å². The van der Waals surface area contributed by atoms with Crippen molar-refractivity contribution in [1.29, 1.82) is 0 Å². The van der Waals surface area contributed by atoms with Crippen LogP contribution < -0.4 is 14.8 Å². The van der Waals surface area contributed by atoms with Gasteiger partial charge in [0.05, 0.1) is 36.0 Å². The monoisotopic (exact) mass is 519 g/mol. The molecule has 11 heteroatoms. The lowest BCUT2D eigenvalue weighted by Crippen LogP contribution is -2.43. The van der Waals surface area contributed by atoms with Crippen molar-refractivity contribution in [3.63, 3.8) is 0 Å². The molecule has 0 saturated carbocycles. The fourth-order valence-electron chi connectivity index (χ4n) is 4.05. The van der Waals surface area contributed by atoms with Crippen molar-refractivity contribution in [2.24, 2.45) is 0 Å². The second kappa shape index (κ2) is 11.2. The van der Waals surface area contributed by atoms with Gasteiger partial charge in [0, 0.05) is 47.8 Å². The largest absolute Gasteiger partial charge is 0.493 e. The zero-order valence-corrected chi connectivity index (χ0v) is 20.8. The first-order valence-electron chi connectivity index (χ1n) is 12.6. The molecular weight excluding hydrogens is 489 g/mol. The number of likely N-dealkylation sites (N-methyl/N-ethyl adjacent to an activating group) is 2. The predicted octanol–water partition coefficient (Wildman–Crippen LogP) is 3.73. The van der Waals surface area contributed by atoms with Crippen LogP contribution in [0.25, 0.3) is 10.9 Å². The minimum Gasteiger partial charge on any atom is -0.493 e. The second-order valence-corrected chi connectivity index (χ2v) is 8.73. The van der Waals surface area contributed by atoms with Gasteiger partial charge in [0.1, 0.15) is 18.2 Å². The van der Waals surface area contributed by atoms with Crippen molar-refractivity contribution >= 4 is 39.9 Å². The summed E-state index contributed by atoms with van der Waals surface area (Å²) >= 11 is 5.92. The van der Waals surface area contributed by atoms with Crippen LogP contribution in [0.5, 0.6) is 11.5 Å². The van der Waals surface area contributed by atoms with Gasteiger partial charge in [0.25, 0.3) is 0 Å². The Kier molecular flexibility index (Phi) is 7.24. The lowest BCUT2D eigenvalue weighted by molar-refractivity contribution is -0.134. The molecular formula is C25H29ClFN5O4. The number of aromatic nitrogens is 2. The van der Waals surface area contributed by atoms with E-state index in [1.165, 1.54) is 31.5 Å². The third kappa shape index (κ3) is 5.45. The first-order valence-corrected chi connectivity index (χ1v) is 11.6. The summed E-state index contributed by atoms with van der Waals surface area (Å²) in [6.45, 7) is 0.972. The average molecular weight is 520 g/mol. The highest BCUT2D eigenvalue weighted by Gasteiger charge is 2.37. The molecule has 1 amide bonds. The van der Waals surface area contributed by atoms with Crippen LogP contribution >= 0.6 is 11.6 Å². The van der Waals surface area contributed by atoms with Crippen LogP contribution in [0, 0.1) is 5.82 Å². The van der Waals surface area contributed by atoms with Crippen LogP contribution in [0.3, 0.4) is 0 Å². The SMILES string of the molecule is [2H]CN(CCOC)C(=O)[C@@H]1C[C@H](Oc2cc3c(Nc4cccc(Cl)c4F)ncnc3cc2OC)CN1C[2H]. The number of likely N-dealkylation sites (tertiary alicyclic amines) is 1. The second-order valence-electron chi connectivity index (χ2n) is 8.33. The highest BCUT2D eigenvalue weighted by Crippen LogP contribution is 2.37. The van der Waals surface area contributed by atoms with Crippen LogP contribution in [-0.2, 0) is 9.53 Å². The summed E-state index contributed by atoms with van der Waals surface area (Å²) in [4.78, 5) is 24.8. The maximum atomic E-state index is 14.5. The number of nitrogens with one attached hydrogen (secondary N) is 1. The topological polar surface area (TPSA) is 89.0 Å². The Balaban J connectivity index is 1.60. The number of ether oxygens (including phenoxy) is 3. The van der Waals surface area contributed by atoms with E-state index in [0.717, 1.165) is 0 Å². The number of rotatable bonds is 9. The number of hydrogen-bond donors (Lipinski definition) is 1. The molecule has 0 spiro atoms. The van der Waals surface area contributed by atoms with E-state index in [2.05, 4.69) is 15.3 Å². The molecule has 2 atom stereocenters. The number of benzene rings is 2. The number of anilines is 2. The van der Waals surface area contributed by atoms with Crippen molar-refractivity contribution in [3.8, 4) is 11.5 Å². The maximum absolute atomic E-state index is 14.5. The molecule has 3 aromatic rings. The number of amides is 1. The van der Waals surface area contributed by atoms with E-state index in [1.807, 2.05) is 0 Å². The summed E-state index contributed by atoms with van der Waals surface area (Å²) in [5, 5.41) is 3.51. The Labute approximate surface area is 216 Å². The Morgan fingerprint density at radius 3 is 2.94 bits per heavy atom. The van der Waals surface area contributed by atoms with E-state index >= 15 is 0 Å². The van der Waals surface area contributed by atoms with Gasteiger partial charge in [-0.1, -0.05) is 17.7 Å². The van der Waals surface area contributed by atoms with Crippen LogP contribution in [0.2, 0.25) is 5.02 Å². The zero-order valence-electron chi connectivity index (χ0n) is 22.0. The molecule has 36 heavy (non-hydrogen) atoms. The summed E-state index contributed by atoms with van der Waals surface area (Å²) in [6, 6.07) is 7.44. The van der Waals surface area contributed by atoms with Crippen LogP contribution in [0.15, 0.2) is 36.7 Å². The maximum Gasteiger partial charge on any atom is 0.239 e. The molecule has 1 aliphatic heterocycles. The van der Waals surface area contributed by atoms with Crippen molar-refractivity contribution < 1.29 is 26.1 Å². The van der Waals surface area contributed by atoms with Crippen molar-refractivity contribution in [2.45, 2.75) is 18.6 Å². The van der Waals surface area contributed by atoms with E-state index < -0.39 is 18.0 Å². The molecule has 192 valence electrons. The van der Waals surface area contributed by atoms with Crippen molar-refractivity contribution in [1.82, 2.24) is 19.8 Å². The molecule has 2 aromatic carbocycles. The van der Waals surface area contributed by atoms with Crippen molar-refractivity contribution in [3.05, 3.63) is 47.5 Å². The lowest BCUT2D eigenvalue weighted by Gasteiger charge is -2.24. The Hall–Kier alpha value is -3.21. The highest BCUT2D eigenvalue weighted by molar-refractivity contribution is 6.31. The molecule has 1 aliphatic rings. The number of carbonyl (C=O) groups excluding carboxylic acids is 1. The Morgan fingerprint density at radius 2 is 2.19 bits per heavy atom. The molecule has 4 rings (SSSR count). The molecule has 0 aliphatic carbocycles. The van der Waals surface area contributed by atoms with Gasteiger partial charge in [0.2, 0.25) is 5.91 Å². The number of methoxy groups -OCH3 is 2. The Bertz CT molecular complexity index is 1290. The van der Waals surface area contributed by atoms with Gasteiger partial charge in [-0.3, -0.25) is 9.69 Å². The molecule has 9 nitrogen and oxygen atoms in total. The molecule has 1 N–H and O–H groups in total. The van der Waals surface area contributed by atoms with Gasteiger partial charge in [-0.15, -0.1) is 0 Å². The number of halogens is 2. The van der Waals surface area contributed by atoms with Crippen molar-refractivity contribution in [2.75, 3.05) is 53.3 Å². The van der Waals surface area contributed by atoms with Crippen LogP contribution in [0.4, 0.5) is 15.9 Å². The molecule has 0 bridgehead atoms.